The van der Waals surface area contributed by atoms with Gasteiger partial charge in [0.15, 0.2) is 0 Å². The van der Waals surface area contributed by atoms with E-state index in [4.69, 9.17) is 29.0 Å². The van der Waals surface area contributed by atoms with Crippen molar-refractivity contribution in [1.82, 2.24) is 5.43 Å². The molecule has 0 aliphatic carbocycles. The Bertz CT molecular complexity index is 356. The Kier molecular flexibility index (Phi) is 7.68. The smallest absolute Gasteiger partial charge is 0.0595 e. The number of unbranched alkanes of at least 4 members (excludes halogenated alkanes) is 3. The van der Waals surface area contributed by atoms with Crippen LogP contribution in [0.4, 0.5) is 0 Å². The molecule has 0 radical (unpaired) electrons. The van der Waals surface area contributed by atoms with E-state index in [-0.39, 0.29) is 0 Å². The average molecular weight is 289 g/mol. The second-order valence-electron chi connectivity index (χ2n) is 4.67. The van der Waals surface area contributed by atoms with Crippen LogP contribution in [0, 0.1) is 0 Å². The van der Waals surface area contributed by atoms with Crippen LogP contribution in [-0.4, -0.2) is 6.04 Å². The normalized spacial score (nSPS) is 12.7. The van der Waals surface area contributed by atoms with Crippen LogP contribution in [0.2, 0.25) is 10.0 Å². The van der Waals surface area contributed by atoms with Crippen LogP contribution < -0.4 is 11.3 Å². The molecular formula is C14H22Cl2N2. The number of nitrogens with two attached hydrogens (primary N) is 1. The van der Waals surface area contributed by atoms with Crippen LogP contribution in [0.5, 0.6) is 0 Å². The largest absolute Gasteiger partial charge is 0.271 e. The molecule has 102 valence electrons. The highest BCUT2D eigenvalue weighted by Gasteiger charge is 2.08. The maximum Gasteiger partial charge on any atom is 0.0595 e. The highest BCUT2D eigenvalue weighted by molar-refractivity contribution is 6.42. The first kappa shape index (κ1) is 15.8. The first-order chi connectivity index (χ1) is 8.67. The van der Waals surface area contributed by atoms with Gasteiger partial charge in [0.2, 0.25) is 0 Å². The van der Waals surface area contributed by atoms with Crippen LogP contribution in [0.3, 0.4) is 0 Å². The van der Waals surface area contributed by atoms with Crippen molar-refractivity contribution in [2.24, 2.45) is 5.84 Å². The number of hydrogen-bond acceptors (Lipinski definition) is 2. The molecule has 0 saturated heterocycles. The Morgan fingerprint density at radius 2 is 1.94 bits per heavy atom. The van der Waals surface area contributed by atoms with Crippen molar-refractivity contribution in [3.63, 3.8) is 0 Å². The zero-order valence-corrected chi connectivity index (χ0v) is 12.4. The number of hydrazine groups is 1. The lowest BCUT2D eigenvalue weighted by molar-refractivity contribution is 0.463. The molecule has 1 unspecified atom stereocenters. The van der Waals surface area contributed by atoms with Crippen molar-refractivity contribution in [2.45, 2.75) is 51.5 Å². The highest BCUT2D eigenvalue weighted by atomic mass is 35.5. The first-order valence-electron chi connectivity index (χ1n) is 6.57. The van der Waals surface area contributed by atoms with Crippen molar-refractivity contribution in [3.05, 3.63) is 33.8 Å². The van der Waals surface area contributed by atoms with E-state index in [9.17, 15) is 0 Å². The minimum Gasteiger partial charge on any atom is -0.271 e. The zero-order chi connectivity index (χ0) is 13.4. The summed E-state index contributed by atoms with van der Waals surface area (Å²) in [4.78, 5) is 0. The van der Waals surface area contributed by atoms with E-state index >= 15 is 0 Å². The van der Waals surface area contributed by atoms with Gasteiger partial charge in [0, 0.05) is 6.04 Å². The Balaban J connectivity index is 2.44. The Morgan fingerprint density at radius 3 is 2.56 bits per heavy atom. The van der Waals surface area contributed by atoms with E-state index in [0.29, 0.717) is 16.1 Å². The van der Waals surface area contributed by atoms with E-state index in [1.807, 2.05) is 18.2 Å². The van der Waals surface area contributed by atoms with Crippen LogP contribution in [-0.2, 0) is 6.42 Å². The van der Waals surface area contributed by atoms with Gasteiger partial charge in [-0.3, -0.25) is 11.3 Å². The van der Waals surface area contributed by atoms with Gasteiger partial charge in [-0.05, 0) is 30.5 Å². The Labute approximate surface area is 120 Å². The minimum atomic E-state index is 0.305. The summed E-state index contributed by atoms with van der Waals surface area (Å²) in [6.07, 6.45) is 7.02. The van der Waals surface area contributed by atoms with Crippen molar-refractivity contribution < 1.29 is 0 Å². The van der Waals surface area contributed by atoms with Gasteiger partial charge in [0.25, 0.3) is 0 Å². The lowest BCUT2D eigenvalue weighted by Crippen LogP contribution is -2.36. The standard InChI is InChI=1S/C14H22Cl2N2/c1-2-3-4-5-6-12(18-17)9-11-7-8-13(15)14(16)10-11/h7-8,10,12,18H,2-6,9,17H2,1H3. The van der Waals surface area contributed by atoms with E-state index in [1.165, 1.54) is 31.2 Å². The molecule has 3 N–H and O–H groups in total. The van der Waals surface area contributed by atoms with Gasteiger partial charge in [0.05, 0.1) is 10.0 Å². The molecule has 1 aromatic rings. The predicted octanol–water partition coefficient (Wildman–Crippen LogP) is 4.34. The topological polar surface area (TPSA) is 38.0 Å². The minimum absolute atomic E-state index is 0.305. The summed E-state index contributed by atoms with van der Waals surface area (Å²) >= 11 is 11.9. The molecule has 0 amide bonds. The molecule has 2 nitrogen and oxygen atoms in total. The molecule has 0 aliphatic heterocycles. The van der Waals surface area contributed by atoms with Crippen LogP contribution in [0.15, 0.2) is 18.2 Å². The van der Waals surface area contributed by atoms with Gasteiger partial charge in [-0.15, -0.1) is 0 Å². The number of rotatable bonds is 8. The summed E-state index contributed by atoms with van der Waals surface area (Å²) in [6, 6.07) is 6.06. The second kappa shape index (κ2) is 8.76. The molecule has 0 spiro atoms. The van der Waals surface area contributed by atoms with Crippen molar-refractivity contribution >= 4 is 23.2 Å². The molecular weight excluding hydrogens is 267 g/mol. The maximum absolute atomic E-state index is 6.00. The fourth-order valence-corrected chi connectivity index (χ4v) is 2.33. The molecule has 4 heteroatoms. The third kappa shape index (κ3) is 5.57. The number of hydrogen-bond donors (Lipinski definition) is 2. The average Bonchev–Trinajstić information content (AvgIpc) is 2.37. The molecule has 18 heavy (non-hydrogen) atoms. The van der Waals surface area contributed by atoms with Gasteiger partial charge >= 0.3 is 0 Å². The molecule has 1 atom stereocenters. The lowest BCUT2D eigenvalue weighted by Gasteiger charge is -2.16. The molecule has 0 aromatic heterocycles. The third-order valence-electron chi connectivity index (χ3n) is 3.11. The molecule has 1 aromatic carbocycles. The fourth-order valence-electron chi connectivity index (χ4n) is 2.01. The highest BCUT2D eigenvalue weighted by Crippen LogP contribution is 2.23. The number of halogens is 2. The van der Waals surface area contributed by atoms with Crippen molar-refractivity contribution in [3.8, 4) is 0 Å². The first-order valence-corrected chi connectivity index (χ1v) is 7.33. The van der Waals surface area contributed by atoms with Crippen molar-refractivity contribution in [1.29, 1.82) is 0 Å². The summed E-state index contributed by atoms with van der Waals surface area (Å²) in [7, 11) is 0. The van der Waals surface area contributed by atoms with Crippen LogP contribution in [0.1, 0.15) is 44.6 Å². The van der Waals surface area contributed by atoms with Crippen LogP contribution >= 0.6 is 23.2 Å². The second-order valence-corrected chi connectivity index (χ2v) is 5.48. The quantitative estimate of drug-likeness (QED) is 0.424. The molecule has 0 aliphatic rings. The van der Waals surface area contributed by atoms with Gasteiger partial charge in [-0.25, -0.2) is 0 Å². The third-order valence-corrected chi connectivity index (χ3v) is 3.85. The monoisotopic (exact) mass is 288 g/mol. The fraction of sp³-hybridized carbons (Fsp3) is 0.571. The van der Waals surface area contributed by atoms with Crippen molar-refractivity contribution in [2.75, 3.05) is 0 Å². The summed E-state index contributed by atoms with van der Waals surface area (Å²) in [5.74, 6) is 5.59. The Morgan fingerprint density at radius 1 is 1.17 bits per heavy atom. The number of nitrogens with one attached hydrogen (secondary N) is 1. The van der Waals surface area contributed by atoms with E-state index in [1.54, 1.807) is 0 Å². The predicted molar refractivity (Wildman–Crippen MR) is 80.0 cm³/mol. The molecule has 0 saturated carbocycles. The van der Waals surface area contributed by atoms with E-state index < -0.39 is 0 Å². The summed E-state index contributed by atoms with van der Waals surface area (Å²) in [6.45, 7) is 2.22. The Hall–Kier alpha value is -0.280. The maximum atomic E-state index is 6.00. The molecule has 0 fully saturated rings. The van der Waals surface area contributed by atoms with Gasteiger partial charge < -0.3 is 0 Å². The SMILES string of the molecule is CCCCCCC(Cc1ccc(Cl)c(Cl)c1)NN. The lowest BCUT2D eigenvalue weighted by atomic mass is 10.0. The van der Waals surface area contributed by atoms with Gasteiger partial charge in [-0.2, -0.15) is 0 Å². The number of benzene rings is 1. The summed E-state index contributed by atoms with van der Waals surface area (Å²) < 4.78 is 0. The van der Waals surface area contributed by atoms with E-state index in [2.05, 4.69) is 12.3 Å². The van der Waals surface area contributed by atoms with E-state index in [0.717, 1.165) is 12.8 Å². The molecule has 1 rings (SSSR count). The van der Waals surface area contributed by atoms with Gasteiger partial charge in [-0.1, -0.05) is 61.9 Å². The van der Waals surface area contributed by atoms with Gasteiger partial charge in [0.1, 0.15) is 0 Å². The molecule has 0 heterocycles. The summed E-state index contributed by atoms with van der Waals surface area (Å²) in [5.41, 5.74) is 4.05. The molecule has 0 bridgehead atoms. The van der Waals surface area contributed by atoms with Crippen LogP contribution in [0.25, 0.3) is 0 Å². The summed E-state index contributed by atoms with van der Waals surface area (Å²) in [5, 5.41) is 1.21. The zero-order valence-electron chi connectivity index (χ0n) is 10.9.